The molecule has 0 saturated heterocycles. The molecular formula is C10H7N3O. The van der Waals surface area contributed by atoms with Crippen LogP contribution in [0.1, 0.15) is 5.56 Å². The van der Waals surface area contributed by atoms with Crippen LogP contribution >= 0.6 is 0 Å². The number of carbonyl (C=O) groups excluding carboxylic acids is 1. The van der Waals surface area contributed by atoms with Crippen molar-refractivity contribution in [2.75, 3.05) is 5.32 Å². The molecule has 1 amide bonds. The second kappa shape index (κ2) is 2.51. The molecule has 68 valence electrons. The predicted octanol–water partition coefficient (Wildman–Crippen LogP) is 1.12. The number of fused-ring (bicyclic) bond motifs is 3. The van der Waals surface area contributed by atoms with Gasteiger partial charge in [-0.3, -0.25) is 4.79 Å². The van der Waals surface area contributed by atoms with E-state index in [1.807, 2.05) is 12.1 Å². The quantitative estimate of drug-likeness (QED) is 0.669. The van der Waals surface area contributed by atoms with Crippen LogP contribution < -0.4 is 5.32 Å². The minimum atomic E-state index is 0.0261. The van der Waals surface area contributed by atoms with E-state index in [0.29, 0.717) is 12.1 Å². The summed E-state index contributed by atoms with van der Waals surface area (Å²) in [6, 6.07) is 3.79. The van der Waals surface area contributed by atoms with Gasteiger partial charge in [0, 0.05) is 11.6 Å². The molecule has 1 N–H and O–H groups in total. The smallest absolute Gasteiger partial charge is 0.228 e. The van der Waals surface area contributed by atoms with E-state index in [1.165, 1.54) is 0 Å². The van der Waals surface area contributed by atoms with Crippen molar-refractivity contribution < 1.29 is 4.79 Å². The molecule has 0 aromatic carbocycles. The van der Waals surface area contributed by atoms with Gasteiger partial charge in [0.05, 0.1) is 18.3 Å². The summed E-state index contributed by atoms with van der Waals surface area (Å²) in [6.45, 7) is 0. The van der Waals surface area contributed by atoms with Crippen molar-refractivity contribution in [3.63, 3.8) is 0 Å². The number of hydrogen-bond donors (Lipinski definition) is 1. The lowest BCUT2D eigenvalue weighted by atomic mass is 10.1. The normalized spacial score (nSPS) is 14.1. The van der Waals surface area contributed by atoms with Gasteiger partial charge in [0.15, 0.2) is 5.65 Å². The van der Waals surface area contributed by atoms with Gasteiger partial charge in [-0.2, -0.15) is 0 Å². The Kier molecular flexibility index (Phi) is 1.33. The highest BCUT2D eigenvalue weighted by Crippen LogP contribution is 2.27. The summed E-state index contributed by atoms with van der Waals surface area (Å²) in [6.07, 6.45) is 3.79. The predicted molar refractivity (Wildman–Crippen MR) is 51.9 cm³/mol. The van der Waals surface area contributed by atoms with Gasteiger partial charge in [0.2, 0.25) is 5.91 Å². The summed E-state index contributed by atoms with van der Waals surface area (Å²) in [5, 5.41) is 3.72. The topological polar surface area (TPSA) is 54.9 Å². The molecule has 3 rings (SSSR count). The van der Waals surface area contributed by atoms with E-state index in [4.69, 9.17) is 0 Å². The van der Waals surface area contributed by atoms with E-state index in [0.717, 1.165) is 16.6 Å². The van der Waals surface area contributed by atoms with Crippen LogP contribution in [0.2, 0.25) is 0 Å². The van der Waals surface area contributed by atoms with Crippen LogP contribution in [0.3, 0.4) is 0 Å². The molecule has 1 aliphatic heterocycles. The van der Waals surface area contributed by atoms with Gasteiger partial charge in [-0.05, 0) is 17.7 Å². The van der Waals surface area contributed by atoms with Crippen molar-refractivity contribution >= 4 is 22.6 Å². The summed E-state index contributed by atoms with van der Waals surface area (Å²) in [5.74, 6) is 0.0261. The minimum absolute atomic E-state index is 0.0261. The molecule has 0 saturated carbocycles. The van der Waals surface area contributed by atoms with Crippen molar-refractivity contribution in [1.29, 1.82) is 0 Å². The molecule has 0 spiro atoms. The maximum Gasteiger partial charge on any atom is 0.228 e. The van der Waals surface area contributed by atoms with E-state index in [1.54, 1.807) is 12.4 Å². The van der Waals surface area contributed by atoms with Crippen LogP contribution in [-0.2, 0) is 11.2 Å². The summed E-state index contributed by atoms with van der Waals surface area (Å²) in [4.78, 5) is 19.5. The number of amides is 1. The van der Waals surface area contributed by atoms with Gasteiger partial charge in [-0.25, -0.2) is 9.97 Å². The van der Waals surface area contributed by atoms with Crippen LogP contribution in [-0.4, -0.2) is 15.9 Å². The Morgan fingerprint density at radius 3 is 3.21 bits per heavy atom. The fourth-order valence-corrected chi connectivity index (χ4v) is 1.74. The molecule has 2 aromatic heterocycles. The minimum Gasteiger partial charge on any atom is -0.324 e. The van der Waals surface area contributed by atoms with Gasteiger partial charge >= 0.3 is 0 Å². The van der Waals surface area contributed by atoms with Crippen molar-refractivity contribution in [1.82, 2.24) is 9.97 Å². The zero-order valence-electron chi connectivity index (χ0n) is 7.32. The Bertz CT molecular complexity index is 536. The van der Waals surface area contributed by atoms with E-state index >= 15 is 0 Å². The van der Waals surface area contributed by atoms with Crippen LogP contribution in [0, 0.1) is 0 Å². The van der Waals surface area contributed by atoms with Gasteiger partial charge in [-0.15, -0.1) is 0 Å². The number of rotatable bonds is 0. The molecule has 1 aliphatic rings. The molecule has 2 aromatic rings. The number of aromatic nitrogens is 2. The standard InChI is InChI=1S/C10H7N3O/c14-9-4-7-6-2-1-3-11-10(6)12-5-8(7)13-9/h1-3,5H,4H2,(H,13,14). The second-order valence-electron chi connectivity index (χ2n) is 3.25. The molecule has 4 heteroatoms. The molecule has 4 nitrogen and oxygen atoms in total. The Labute approximate surface area is 80.0 Å². The number of hydrogen-bond acceptors (Lipinski definition) is 3. The van der Waals surface area contributed by atoms with E-state index in [2.05, 4.69) is 15.3 Å². The Morgan fingerprint density at radius 2 is 2.29 bits per heavy atom. The number of nitrogens with zero attached hydrogens (tertiary/aromatic N) is 2. The zero-order valence-corrected chi connectivity index (χ0v) is 7.32. The summed E-state index contributed by atoms with van der Waals surface area (Å²) < 4.78 is 0. The van der Waals surface area contributed by atoms with Crippen molar-refractivity contribution in [2.45, 2.75) is 6.42 Å². The van der Waals surface area contributed by atoms with Crippen LogP contribution in [0.25, 0.3) is 11.0 Å². The molecule has 0 radical (unpaired) electrons. The lowest BCUT2D eigenvalue weighted by Crippen LogP contribution is -2.03. The SMILES string of the molecule is O=C1Cc2c(cnc3ncccc23)N1. The summed E-state index contributed by atoms with van der Waals surface area (Å²) in [7, 11) is 0. The van der Waals surface area contributed by atoms with Crippen molar-refractivity contribution in [3.8, 4) is 0 Å². The molecule has 14 heavy (non-hydrogen) atoms. The lowest BCUT2D eigenvalue weighted by molar-refractivity contribution is -0.115. The number of pyridine rings is 2. The highest BCUT2D eigenvalue weighted by molar-refractivity contribution is 6.04. The highest BCUT2D eigenvalue weighted by atomic mass is 16.1. The lowest BCUT2D eigenvalue weighted by Gasteiger charge is -2.00. The van der Waals surface area contributed by atoms with E-state index in [9.17, 15) is 4.79 Å². The third-order valence-electron chi connectivity index (χ3n) is 2.36. The number of carbonyl (C=O) groups is 1. The zero-order chi connectivity index (χ0) is 9.54. The first-order valence-corrected chi connectivity index (χ1v) is 4.37. The monoisotopic (exact) mass is 185 g/mol. The van der Waals surface area contributed by atoms with Gasteiger partial charge in [-0.1, -0.05) is 0 Å². The third kappa shape index (κ3) is 0.907. The molecule has 0 fully saturated rings. The van der Waals surface area contributed by atoms with Gasteiger partial charge in [0.1, 0.15) is 0 Å². The first-order chi connectivity index (χ1) is 6.84. The molecule has 0 bridgehead atoms. The van der Waals surface area contributed by atoms with Crippen LogP contribution in [0.4, 0.5) is 5.69 Å². The van der Waals surface area contributed by atoms with Crippen LogP contribution in [0.5, 0.6) is 0 Å². The molecule has 0 atom stereocenters. The summed E-state index contributed by atoms with van der Waals surface area (Å²) in [5.41, 5.74) is 2.52. The summed E-state index contributed by atoms with van der Waals surface area (Å²) >= 11 is 0. The molecular weight excluding hydrogens is 178 g/mol. The fraction of sp³-hybridized carbons (Fsp3) is 0.100. The maximum absolute atomic E-state index is 11.2. The highest BCUT2D eigenvalue weighted by Gasteiger charge is 2.20. The van der Waals surface area contributed by atoms with Crippen LogP contribution in [0.15, 0.2) is 24.5 Å². The average molecular weight is 185 g/mol. The van der Waals surface area contributed by atoms with Gasteiger partial charge < -0.3 is 5.32 Å². The Hall–Kier alpha value is -1.97. The maximum atomic E-state index is 11.2. The number of anilines is 1. The van der Waals surface area contributed by atoms with E-state index in [-0.39, 0.29) is 5.91 Å². The fourth-order valence-electron chi connectivity index (χ4n) is 1.74. The average Bonchev–Trinajstić information content (AvgIpc) is 2.59. The third-order valence-corrected chi connectivity index (χ3v) is 2.36. The molecule has 0 unspecified atom stereocenters. The van der Waals surface area contributed by atoms with Gasteiger partial charge in [0.25, 0.3) is 0 Å². The molecule has 0 aliphatic carbocycles. The largest absolute Gasteiger partial charge is 0.324 e. The first-order valence-electron chi connectivity index (χ1n) is 4.37. The van der Waals surface area contributed by atoms with Crippen molar-refractivity contribution in [2.24, 2.45) is 0 Å². The molecule has 3 heterocycles. The first kappa shape index (κ1) is 7.44. The number of nitrogens with one attached hydrogen (secondary N) is 1. The Balaban J connectivity index is 2.39. The van der Waals surface area contributed by atoms with Crippen molar-refractivity contribution in [3.05, 3.63) is 30.1 Å². The Morgan fingerprint density at radius 1 is 1.36 bits per heavy atom. The second-order valence-corrected chi connectivity index (χ2v) is 3.25. The van der Waals surface area contributed by atoms with E-state index < -0.39 is 0 Å².